The molecule has 1 unspecified atom stereocenters. The van der Waals surface area contributed by atoms with Crippen LogP contribution in [0, 0.1) is 26.2 Å². The predicted molar refractivity (Wildman–Crippen MR) is 130 cm³/mol. The molecular weight excluding hydrogens is 486 g/mol. The van der Waals surface area contributed by atoms with E-state index in [-0.39, 0.29) is 17.3 Å². The Bertz CT molecular complexity index is 1410. The fourth-order valence-electron chi connectivity index (χ4n) is 4.00. The van der Waals surface area contributed by atoms with Gasteiger partial charge in [-0.15, -0.1) is 17.8 Å². The zero-order valence-electron chi connectivity index (χ0n) is 17.7. The lowest BCUT2D eigenvalue weighted by Crippen LogP contribution is -2.47. The number of rotatable bonds is 4. The molecule has 1 fully saturated rings. The number of hydrogen-bond acceptors (Lipinski definition) is 5. The standard InChI is InChI=1S/C22H22ClN3O3S3/c1-4-10-25-17-13-14(2)12-15(3)20(17)31-22(25)24-21(27)16-7-5-6-11-26(16)32(28,29)19-9-8-18(23)30-19/h1,8-9,12-13,16H,5-7,10-11H2,2-3H3. The van der Waals surface area contributed by atoms with Crippen molar-refractivity contribution in [1.29, 1.82) is 0 Å². The highest BCUT2D eigenvalue weighted by molar-refractivity contribution is 7.91. The molecule has 6 nitrogen and oxygen atoms in total. The topological polar surface area (TPSA) is 71.7 Å². The summed E-state index contributed by atoms with van der Waals surface area (Å²) in [5.41, 5.74) is 3.11. The third kappa shape index (κ3) is 4.30. The molecule has 3 heterocycles. The largest absolute Gasteiger partial charge is 0.305 e. The number of terminal acetylenes is 1. The molecule has 0 aliphatic carbocycles. The van der Waals surface area contributed by atoms with Crippen LogP contribution in [0.15, 0.2) is 33.5 Å². The van der Waals surface area contributed by atoms with Gasteiger partial charge in [-0.1, -0.05) is 41.3 Å². The summed E-state index contributed by atoms with van der Waals surface area (Å²) in [6.07, 6.45) is 7.47. The SMILES string of the molecule is C#CCn1c(=NC(=O)C2CCCCN2S(=O)(=O)c2ccc(Cl)s2)sc2c(C)cc(C)cc21. The third-order valence-electron chi connectivity index (χ3n) is 5.42. The van der Waals surface area contributed by atoms with Crippen LogP contribution in [0.25, 0.3) is 10.2 Å². The molecule has 0 N–H and O–H groups in total. The van der Waals surface area contributed by atoms with E-state index in [9.17, 15) is 13.2 Å². The number of thiazole rings is 1. The van der Waals surface area contributed by atoms with Gasteiger partial charge in [0.25, 0.3) is 15.9 Å². The van der Waals surface area contributed by atoms with Crippen molar-refractivity contribution in [2.45, 2.75) is 49.9 Å². The molecule has 1 aliphatic rings. The Hall–Kier alpha value is -1.96. The number of fused-ring (bicyclic) bond motifs is 1. The number of sulfonamides is 1. The van der Waals surface area contributed by atoms with E-state index in [2.05, 4.69) is 17.0 Å². The zero-order valence-corrected chi connectivity index (χ0v) is 20.9. The number of halogens is 1. The first kappa shape index (κ1) is 23.2. The van der Waals surface area contributed by atoms with Crippen molar-refractivity contribution in [1.82, 2.24) is 8.87 Å². The maximum absolute atomic E-state index is 13.3. The van der Waals surface area contributed by atoms with Crippen LogP contribution in [0.5, 0.6) is 0 Å². The molecule has 1 amide bonds. The Kier molecular flexibility index (Phi) is 6.61. The number of nitrogens with zero attached hydrogens (tertiary/aromatic N) is 3. The molecular formula is C22H22ClN3O3S3. The van der Waals surface area contributed by atoms with Crippen molar-refractivity contribution in [3.63, 3.8) is 0 Å². The van der Waals surface area contributed by atoms with Gasteiger partial charge in [-0.2, -0.15) is 9.30 Å². The second-order valence-electron chi connectivity index (χ2n) is 7.74. The van der Waals surface area contributed by atoms with Gasteiger partial charge in [0.05, 0.1) is 21.1 Å². The number of thiophene rings is 1. The van der Waals surface area contributed by atoms with Gasteiger partial charge < -0.3 is 4.57 Å². The van der Waals surface area contributed by atoms with Crippen LogP contribution < -0.4 is 4.80 Å². The van der Waals surface area contributed by atoms with Crippen LogP contribution in [0.4, 0.5) is 0 Å². The Balaban J connectivity index is 1.78. The number of aryl methyl sites for hydroxylation is 2. The van der Waals surface area contributed by atoms with E-state index in [0.29, 0.717) is 22.0 Å². The van der Waals surface area contributed by atoms with Gasteiger partial charge in [0.2, 0.25) is 0 Å². The monoisotopic (exact) mass is 507 g/mol. The molecule has 1 aliphatic heterocycles. The van der Waals surface area contributed by atoms with Crippen LogP contribution in [0.1, 0.15) is 30.4 Å². The average Bonchev–Trinajstić information content (AvgIpc) is 3.33. The molecule has 1 atom stereocenters. The number of hydrogen-bond donors (Lipinski definition) is 0. The van der Waals surface area contributed by atoms with Crippen molar-refractivity contribution in [2.24, 2.45) is 4.99 Å². The zero-order chi connectivity index (χ0) is 23.0. The summed E-state index contributed by atoms with van der Waals surface area (Å²) in [4.78, 5) is 18.2. The molecule has 0 spiro atoms. The van der Waals surface area contributed by atoms with E-state index in [4.69, 9.17) is 18.0 Å². The van der Waals surface area contributed by atoms with Crippen LogP contribution >= 0.6 is 34.3 Å². The fraction of sp³-hybridized carbons (Fsp3) is 0.364. The Morgan fingerprint density at radius 2 is 2.06 bits per heavy atom. The Morgan fingerprint density at radius 3 is 2.75 bits per heavy atom. The number of carbonyl (C=O) groups excluding carboxylic acids is 1. The van der Waals surface area contributed by atoms with Gasteiger partial charge in [-0.25, -0.2) is 8.42 Å². The normalized spacial score (nSPS) is 18.2. The summed E-state index contributed by atoms with van der Waals surface area (Å²) in [5.74, 6) is 2.16. The molecule has 1 aromatic carbocycles. The predicted octanol–water partition coefficient (Wildman–Crippen LogP) is 4.34. The summed E-state index contributed by atoms with van der Waals surface area (Å²) in [6.45, 7) is 4.57. The molecule has 3 aromatic rings. The average molecular weight is 508 g/mol. The summed E-state index contributed by atoms with van der Waals surface area (Å²) in [6, 6.07) is 6.29. The smallest absolute Gasteiger partial charge is 0.266 e. The van der Waals surface area contributed by atoms with Crippen molar-refractivity contribution in [2.75, 3.05) is 6.54 Å². The van der Waals surface area contributed by atoms with Gasteiger partial charge in [0.1, 0.15) is 10.3 Å². The fourth-order valence-corrected chi connectivity index (χ4v) is 8.35. The molecule has 2 aromatic heterocycles. The van der Waals surface area contributed by atoms with E-state index in [1.165, 1.54) is 21.7 Å². The van der Waals surface area contributed by atoms with E-state index in [0.717, 1.165) is 39.1 Å². The quantitative estimate of drug-likeness (QED) is 0.493. The maximum Gasteiger partial charge on any atom is 0.266 e. The number of aromatic nitrogens is 1. The van der Waals surface area contributed by atoms with Crippen LogP contribution in [-0.2, 0) is 21.4 Å². The highest BCUT2D eigenvalue weighted by atomic mass is 35.5. The molecule has 32 heavy (non-hydrogen) atoms. The molecule has 0 bridgehead atoms. The summed E-state index contributed by atoms with van der Waals surface area (Å²) in [7, 11) is -3.83. The Labute approximate surface area is 200 Å². The van der Waals surface area contributed by atoms with Crippen molar-refractivity contribution in [3.8, 4) is 12.3 Å². The number of benzene rings is 1. The van der Waals surface area contributed by atoms with Gasteiger partial charge in [0, 0.05) is 6.54 Å². The van der Waals surface area contributed by atoms with Crippen molar-refractivity contribution in [3.05, 3.63) is 44.5 Å². The van der Waals surface area contributed by atoms with Crippen LogP contribution in [0.2, 0.25) is 4.34 Å². The highest BCUT2D eigenvalue weighted by Gasteiger charge is 2.38. The van der Waals surface area contributed by atoms with E-state index in [1.54, 1.807) is 6.07 Å². The molecule has 4 rings (SSSR count). The van der Waals surface area contributed by atoms with E-state index < -0.39 is 22.0 Å². The molecule has 10 heteroatoms. The second kappa shape index (κ2) is 9.12. The number of piperidine rings is 1. The minimum atomic E-state index is -3.83. The van der Waals surface area contributed by atoms with Gasteiger partial charge in [0.15, 0.2) is 4.80 Å². The van der Waals surface area contributed by atoms with Crippen molar-refractivity contribution < 1.29 is 13.2 Å². The molecule has 168 valence electrons. The first-order chi connectivity index (χ1) is 15.2. The first-order valence-electron chi connectivity index (χ1n) is 10.1. The molecule has 0 radical (unpaired) electrons. The van der Waals surface area contributed by atoms with Gasteiger partial charge >= 0.3 is 0 Å². The first-order valence-corrected chi connectivity index (χ1v) is 13.6. The number of amides is 1. The lowest BCUT2D eigenvalue weighted by atomic mass is 10.0. The van der Waals surface area contributed by atoms with E-state index in [1.807, 2.05) is 24.5 Å². The Morgan fingerprint density at radius 1 is 1.28 bits per heavy atom. The van der Waals surface area contributed by atoms with Gasteiger partial charge in [-0.3, -0.25) is 4.79 Å². The molecule has 0 saturated carbocycles. The minimum Gasteiger partial charge on any atom is -0.305 e. The summed E-state index contributed by atoms with van der Waals surface area (Å²) in [5, 5.41) is 0. The third-order valence-corrected chi connectivity index (χ3v) is 10.3. The van der Waals surface area contributed by atoms with E-state index >= 15 is 0 Å². The summed E-state index contributed by atoms with van der Waals surface area (Å²) >= 11 is 8.34. The number of carbonyl (C=O) groups is 1. The van der Waals surface area contributed by atoms with Crippen LogP contribution in [0.3, 0.4) is 0 Å². The van der Waals surface area contributed by atoms with Crippen LogP contribution in [-0.4, -0.2) is 35.8 Å². The second-order valence-corrected chi connectivity index (χ2v) is 12.6. The highest BCUT2D eigenvalue weighted by Crippen LogP contribution is 2.32. The molecule has 1 saturated heterocycles. The lowest BCUT2D eigenvalue weighted by molar-refractivity contribution is -0.122. The summed E-state index contributed by atoms with van der Waals surface area (Å²) < 4.78 is 31.1. The van der Waals surface area contributed by atoms with Gasteiger partial charge in [-0.05, 0) is 56.0 Å². The maximum atomic E-state index is 13.3. The minimum absolute atomic E-state index is 0.137. The van der Waals surface area contributed by atoms with Crippen molar-refractivity contribution >= 4 is 60.4 Å². The lowest BCUT2D eigenvalue weighted by Gasteiger charge is -2.31.